The van der Waals surface area contributed by atoms with Gasteiger partial charge < -0.3 is 14.2 Å². The SMILES string of the molecule is O=C(COc1ccccc1)c1cn(CC(=O)N2CCCc3ccccc32)c2ccccc12. The quantitative estimate of drug-likeness (QED) is 0.415. The summed E-state index contributed by atoms with van der Waals surface area (Å²) in [7, 11) is 0. The molecular weight excluding hydrogens is 400 g/mol. The number of ether oxygens (including phenoxy) is 1. The molecule has 0 spiro atoms. The summed E-state index contributed by atoms with van der Waals surface area (Å²) < 4.78 is 7.54. The van der Waals surface area contributed by atoms with Crippen molar-refractivity contribution in [1.82, 2.24) is 4.57 Å². The minimum Gasteiger partial charge on any atom is -0.485 e. The summed E-state index contributed by atoms with van der Waals surface area (Å²) in [5.41, 5.74) is 3.64. The Balaban J connectivity index is 1.39. The lowest BCUT2D eigenvalue weighted by atomic mass is 10.0. The molecule has 0 saturated carbocycles. The number of anilines is 1. The topological polar surface area (TPSA) is 51.5 Å². The zero-order valence-electron chi connectivity index (χ0n) is 17.7. The molecule has 5 rings (SSSR count). The van der Waals surface area contributed by atoms with Crippen LogP contribution in [0.1, 0.15) is 22.3 Å². The highest BCUT2D eigenvalue weighted by atomic mass is 16.5. The number of amides is 1. The van der Waals surface area contributed by atoms with E-state index in [1.165, 1.54) is 5.56 Å². The van der Waals surface area contributed by atoms with Crippen LogP contribution in [-0.2, 0) is 17.8 Å². The highest BCUT2D eigenvalue weighted by Crippen LogP contribution is 2.28. The van der Waals surface area contributed by atoms with Crippen LogP contribution < -0.4 is 9.64 Å². The third-order valence-corrected chi connectivity index (χ3v) is 5.92. The number of carbonyl (C=O) groups is 2. The minimum atomic E-state index is -0.112. The molecule has 0 saturated heterocycles. The average Bonchev–Trinajstić information content (AvgIpc) is 3.21. The van der Waals surface area contributed by atoms with Crippen molar-refractivity contribution in [3.8, 4) is 5.75 Å². The van der Waals surface area contributed by atoms with E-state index in [9.17, 15) is 9.59 Å². The molecule has 0 aliphatic carbocycles. The highest BCUT2D eigenvalue weighted by molar-refractivity contribution is 6.09. The number of Topliss-reactive ketones (excluding diaryl/α,β-unsaturated/α-hetero) is 1. The number of rotatable bonds is 6. The Morgan fingerprint density at radius 3 is 2.50 bits per heavy atom. The normalized spacial score (nSPS) is 13.1. The first-order valence-electron chi connectivity index (χ1n) is 10.9. The summed E-state index contributed by atoms with van der Waals surface area (Å²) in [6, 6.07) is 25.1. The molecule has 3 aromatic carbocycles. The van der Waals surface area contributed by atoms with Gasteiger partial charge in [0.05, 0.1) is 0 Å². The van der Waals surface area contributed by atoms with Gasteiger partial charge in [-0.2, -0.15) is 0 Å². The van der Waals surface area contributed by atoms with Gasteiger partial charge in [-0.1, -0.05) is 54.6 Å². The molecule has 0 bridgehead atoms. The third-order valence-electron chi connectivity index (χ3n) is 5.92. The molecule has 0 unspecified atom stereocenters. The van der Waals surface area contributed by atoms with Crippen LogP contribution in [0.5, 0.6) is 5.75 Å². The molecular formula is C27H24N2O3. The molecule has 2 heterocycles. The van der Waals surface area contributed by atoms with Crippen LogP contribution in [0.15, 0.2) is 85.1 Å². The van der Waals surface area contributed by atoms with E-state index in [0.29, 0.717) is 17.9 Å². The van der Waals surface area contributed by atoms with Crippen LogP contribution in [0.2, 0.25) is 0 Å². The van der Waals surface area contributed by atoms with Gasteiger partial charge in [0, 0.05) is 34.9 Å². The maximum atomic E-state index is 13.3. The van der Waals surface area contributed by atoms with Gasteiger partial charge >= 0.3 is 0 Å². The third kappa shape index (κ3) is 3.89. The molecule has 1 aromatic heterocycles. The first kappa shape index (κ1) is 20.1. The fourth-order valence-corrected chi connectivity index (χ4v) is 4.37. The van der Waals surface area contributed by atoms with Crippen LogP contribution in [0.3, 0.4) is 0 Å². The number of hydrogen-bond acceptors (Lipinski definition) is 3. The maximum absolute atomic E-state index is 13.3. The van der Waals surface area contributed by atoms with Crippen molar-refractivity contribution in [1.29, 1.82) is 0 Å². The monoisotopic (exact) mass is 424 g/mol. The molecule has 32 heavy (non-hydrogen) atoms. The van der Waals surface area contributed by atoms with Crippen LogP contribution in [0.25, 0.3) is 10.9 Å². The van der Waals surface area contributed by atoms with Crippen molar-refractivity contribution < 1.29 is 14.3 Å². The van der Waals surface area contributed by atoms with Crippen LogP contribution in [0, 0.1) is 0 Å². The first-order valence-corrected chi connectivity index (χ1v) is 10.9. The van der Waals surface area contributed by atoms with E-state index in [1.807, 2.05) is 82.3 Å². The van der Waals surface area contributed by atoms with E-state index in [4.69, 9.17) is 4.74 Å². The van der Waals surface area contributed by atoms with Crippen molar-refractivity contribution in [3.05, 3.63) is 96.2 Å². The van der Waals surface area contributed by atoms with E-state index in [2.05, 4.69) is 6.07 Å². The number of hydrogen-bond donors (Lipinski definition) is 0. The van der Waals surface area contributed by atoms with Crippen LogP contribution >= 0.6 is 0 Å². The summed E-state index contributed by atoms with van der Waals surface area (Å²) in [4.78, 5) is 28.1. The fourth-order valence-electron chi connectivity index (χ4n) is 4.37. The van der Waals surface area contributed by atoms with Gasteiger partial charge in [0.25, 0.3) is 0 Å². The molecule has 4 aromatic rings. The molecule has 0 N–H and O–H groups in total. The van der Waals surface area contributed by atoms with Crippen molar-refractivity contribution >= 4 is 28.3 Å². The Morgan fingerprint density at radius 2 is 1.62 bits per heavy atom. The van der Waals surface area contributed by atoms with Gasteiger partial charge in [0.1, 0.15) is 12.3 Å². The molecule has 1 aliphatic rings. The predicted octanol–water partition coefficient (Wildman–Crippen LogP) is 4.88. The second-order valence-electron chi connectivity index (χ2n) is 7.99. The Labute approximate surface area is 186 Å². The lowest BCUT2D eigenvalue weighted by Gasteiger charge is -2.29. The summed E-state index contributed by atoms with van der Waals surface area (Å²) in [5, 5.41) is 0.834. The largest absolute Gasteiger partial charge is 0.485 e. The van der Waals surface area contributed by atoms with Gasteiger partial charge in [-0.15, -0.1) is 0 Å². The lowest BCUT2D eigenvalue weighted by molar-refractivity contribution is -0.119. The second kappa shape index (κ2) is 8.71. The number of aryl methyl sites for hydroxylation is 1. The smallest absolute Gasteiger partial charge is 0.246 e. The Hall–Kier alpha value is -3.86. The Kier molecular flexibility index (Phi) is 5.46. The van der Waals surface area contributed by atoms with Gasteiger partial charge in [-0.05, 0) is 42.7 Å². The molecule has 0 atom stereocenters. The summed E-state index contributed by atoms with van der Waals surface area (Å²) in [6.07, 6.45) is 3.73. The van der Waals surface area contributed by atoms with E-state index >= 15 is 0 Å². The maximum Gasteiger partial charge on any atom is 0.246 e. The van der Waals surface area contributed by atoms with Crippen molar-refractivity contribution in [2.75, 3.05) is 18.1 Å². The number of fused-ring (bicyclic) bond motifs is 2. The zero-order chi connectivity index (χ0) is 21.9. The molecule has 160 valence electrons. The number of aromatic nitrogens is 1. The Bertz CT molecular complexity index is 1280. The number of para-hydroxylation sites is 3. The minimum absolute atomic E-state index is 0.0254. The van der Waals surface area contributed by atoms with Crippen LogP contribution in [0.4, 0.5) is 5.69 Å². The number of carbonyl (C=O) groups excluding carboxylic acids is 2. The van der Waals surface area contributed by atoms with Crippen molar-refractivity contribution in [2.45, 2.75) is 19.4 Å². The molecule has 5 nitrogen and oxygen atoms in total. The van der Waals surface area contributed by atoms with E-state index < -0.39 is 0 Å². The van der Waals surface area contributed by atoms with Crippen molar-refractivity contribution in [2.24, 2.45) is 0 Å². The van der Waals surface area contributed by atoms with E-state index in [0.717, 1.165) is 29.4 Å². The van der Waals surface area contributed by atoms with Crippen LogP contribution in [-0.4, -0.2) is 29.4 Å². The fraction of sp³-hybridized carbons (Fsp3) is 0.185. The zero-order valence-corrected chi connectivity index (χ0v) is 17.7. The summed E-state index contributed by atoms with van der Waals surface area (Å²) in [6.45, 7) is 0.846. The highest BCUT2D eigenvalue weighted by Gasteiger charge is 2.24. The molecule has 5 heteroatoms. The van der Waals surface area contributed by atoms with Gasteiger partial charge in [0.2, 0.25) is 11.7 Å². The summed E-state index contributed by atoms with van der Waals surface area (Å²) >= 11 is 0. The second-order valence-corrected chi connectivity index (χ2v) is 7.99. The molecule has 1 aliphatic heterocycles. The van der Waals surface area contributed by atoms with E-state index in [1.54, 1.807) is 6.20 Å². The Morgan fingerprint density at radius 1 is 0.875 bits per heavy atom. The molecule has 0 radical (unpaired) electrons. The number of nitrogens with zero attached hydrogens (tertiary/aromatic N) is 2. The lowest BCUT2D eigenvalue weighted by Crippen LogP contribution is -2.37. The van der Waals surface area contributed by atoms with Gasteiger partial charge in [-0.3, -0.25) is 9.59 Å². The summed E-state index contributed by atoms with van der Waals surface area (Å²) in [5.74, 6) is 0.570. The van der Waals surface area contributed by atoms with Gasteiger partial charge in [-0.25, -0.2) is 0 Å². The van der Waals surface area contributed by atoms with Gasteiger partial charge in [0.15, 0.2) is 6.61 Å². The van der Waals surface area contributed by atoms with E-state index in [-0.39, 0.29) is 24.8 Å². The number of benzene rings is 3. The predicted molar refractivity (Wildman–Crippen MR) is 125 cm³/mol. The molecule has 0 fully saturated rings. The number of ketones is 1. The standard InChI is InChI=1S/C27H24N2O3/c30-26(19-32-21-11-2-1-3-12-21)23-17-28(25-15-7-5-13-22(23)25)18-27(31)29-16-8-10-20-9-4-6-14-24(20)29/h1-7,9,11-15,17H,8,10,16,18-19H2. The molecule has 1 amide bonds. The average molecular weight is 425 g/mol. The first-order chi connectivity index (χ1) is 15.7. The van der Waals surface area contributed by atoms with Crippen molar-refractivity contribution in [3.63, 3.8) is 0 Å².